The van der Waals surface area contributed by atoms with Gasteiger partial charge in [0.1, 0.15) is 11.5 Å². The fraction of sp³-hybridized carbons (Fsp3) is 0.368. The molecule has 2 aromatic rings. The zero-order valence-corrected chi connectivity index (χ0v) is 17.0. The molecule has 1 aromatic carbocycles. The van der Waals surface area contributed by atoms with Gasteiger partial charge in [-0.25, -0.2) is 4.98 Å². The number of hydrogen-bond acceptors (Lipinski definition) is 4. The molecule has 0 aliphatic carbocycles. The Morgan fingerprint density at radius 2 is 1.89 bits per heavy atom. The van der Waals surface area contributed by atoms with Crippen molar-refractivity contribution < 1.29 is 4.79 Å². The van der Waals surface area contributed by atoms with Crippen LogP contribution in [0, 0.1) is 0 Å². The van der Waals surface area contributed by atoms with Crippen LogP contribution < -0.4 is 11.1 Å². The van der Waals surface area contributed by atoms with Crippen molar-refractivity contribution in [2.45, 2.75) is 19.3 Å². The number of nitrogen functional groups attached to an aromatic ring is 1. The summed E-state index contributed by atoms with van der Waals surface area (Å²) >= 11 is 18.4. The highest BCUT2D eigenvalue weighted by atomic mass is 35.5. The Kier molecular flexibility index (Phi) is 6.82. The number of halogens is 3. The fourth-order valence-electron chi connectivity index (χ4n) is 3.18. The largest absolute Gasteiger partial charge is 0.383 e. The van der Waals surface area contributed by atoms with Crippen molar-refractivity contribution in [1.29, 1.82) is 0 Å². The van der Waals surface area contributed by atoms with Crippen LogP contribution >= 0.6 is 34.8 Å². The molecule has 1 saturated heterocycles. The van der Waals surface area contributed by atoms with Crippen LogP contribution in [0.1, 0.15) is 29.8 Å². The molecule has 0 atom stereocenters. The lowest BCUT2D eigenvalue weighted by Gasteiger charge is -2.14. The molecule has 3 N–H and O–H groups in total. The molecule has 27 heavy (non-hydrogen) atoms. The molecule has 1 fully saturated rings. The first kappa shape index (κ1) is 20.2. The van der Waals surface area contributed by atoms with Crippen LogP contribution in [-0.4, -0.2) is 42.0 Å². The van der Waals surface area contributed by atoms with Gasteiger partial charge in [-0.1, -0.05) is 34.8 Å². The predicted octanol–water partition coefficient (Wildman–Crippen LogP) is 4.51. The van der Waals surface area contributed by atoms with Crippen molar-refractivity contribution in [1.82, 2.24) is 15.2 Å². The maximum absolute atomic E-state index is 12.3. The smallest absolute Gasteiger partial charge is 0.269 e. The summed E-state index contributed by atoms with van der Waals surface area (Å²) in [4.78, 5) is 18.9. The van der Waals surface area contributed by atoms with E-state index in [1.54, 1.807) is 24.3 Å². The predicted molar refractivity (Wildman–Crippen MR) is 112 cm³/mol. The third kappa shape index (κ3) is 5.05. The number of likely N-dealkylation sites (tertiary alicyclic amines) is 1. The zero-order chi connectivity index (χ0) is 19.4. The van der Waals surface area contributed by atoms with E-state index >= 15 is 0 Å². The number of carbonyl (C=O) groups excluding carboxylic acids is 1. The third-order valence-corrected chi connectivity index (χ3v) is 5.60. The number of nitrogens with one attached hydrogen (secondary N) is 1. The van der Waals surface area contributed by atoms with E-state index in [9.17, 15) is 4.79 Å². The Bertz CT molecular complexity index is 838. The molecule has 3 rings (SSSR count). The van der Waals surface area contributed by atoms with Crippen LogP contribution in [0.4, 0.5) is 5.82 Å². The Balaban J connectivity index is 1.64. The average Bonchev–Trinajstić information content (AvgIpc) is 3.15. The molecule has 0 saturated carbocycles. The summed E-state index contributed by atoms with van der Waals surface area (Å²) in [5, 5.41) is 4.00. The van der Waals surface area contributed by atoms with Gasteiger partial charge in [0.25, 0.3) is 5.91 Å². The summed E-state index contributed by atoms with van der Waals surface area (Å²) in [7, 11) is 0. The van der Waals surface area contributed by atoms with Crippen molar-refractivity contribution in [2.24, 2.45) is 0 Å². The van der Waals surface area contributed by atoms with Gasteiger partial charge in [0.2, 0.25) is 0 Å². The fourth-order valence-corrected chi connectivity index (χ4v) is 3.89. The Hall–Kier alpha value is -1.53. The van der Waals surface area contributed by atoms with E-state index < -0.39 is 0 Å². The first-order chi connectivity index (χ1) is 13.0. The van der Waals surface area contributed by atoms with Crippen LogP contribution in [0.15, 0.2) is 24.3 Å². The van der Waals surface area contributed by atoms with E-state index in [2.05, 4.69) is 15.2 Å². The summed E-state index contributed by atoms with van der Waals surface area (Å²) in [6.07, 6.45) is 3.45. The number of aromatic nitrogens is 1. The molecular weight excluding hydrogens is 407 g/mol. The lowest BCUT2D eigenvalue weighted by molar-refractivity contribution is 0.0947. The van der Waals surface area contributed by atoms with Crippen molar-refractivity contribution in [3.05, 3.63) is 45.0 Å². The summed E-state index contributed by atoms with van der Waals surface area (Å²) < 4.78 is 0. The van der Waals surface area contributed by atoms with E-state index in [0.717, 1.165) is 26.1 Å². The molecule has 1 aliphatic heterocycles. The molecule has 1 aliphatic rings. The molecule has 0 bridgehead atoms. The van der Waals surface area contributed by atoms with E-state index in [0.29, 0.717) is 32.7 Å². The van der Waals surface area contributed by atoms with E-state index in [1.165, 1.54) is 12.8 Å². The zero-order valence-electron chi connectivity index (χ0n) is 14.8. The first-order valence-electron chi connectivity index (χ1n) is 8.87. The minimum absolute atomic E-state index is 0.194. The number of anilines is 1. The van der Waals surface area contributed by atoms with Gasteiger partial charge in [-0.05, 0) is 63.2 Å². The standard InChI is InChI=1S/C19H21Cl3N4O/c20-12-10-14(17(22)15(21)11-12)13-4-5-16(25-18(13)23)19(27)24-6-3-9-26-7-1-2-8-26/h4-5,10-11H,1-3,6-9H2,(H2,23,25)(H,24,27). The summed E-state index contributed by atoms with van der Waals surface area (Å²) in [5.74, 6) is -0.0511. The molecule has 0 spiro atoms. The number of carbonyl (C=O) groups is 1. The van der Waals surface area contributed by atoms with Crippen LogP contribution in [0.3, 0.4) is 0 Å². The van der Waals surface area contributed by atoms with Crippen molar-refractivity contribution >= 4 is 46.5 Å². The second kappa shape index (κ2) is 9.11. The maximum Gasteiger partial charge on any atom is 0.269 e. The van der Waals surface area contributed by atoms with Gasteiger partial charge in [0.05, 0.1) is 10.0 Å². The van der Waals surface area contributed by atoms with E-state index in [1.807, 2.05) is 0 Å². The topological polar surface area (TPSA) is 71.2 Å². The molecule has 1 amide bonds. The Morgan fingerprint density at radius 3 is 2.59 bits per heavy atom. The van der Waals surface area contributed by atoms with Crippen molar-refractivity contribution in [2.75, 3.05) is 31.9 Å². The number of benzene rings is 1. The number of pyridine rings is 1. The molecule has 144 valence electrons. The highest BCUT2D eigenvalue weighted by molar-refractivity contribution is 6.45. The monoisotopic (exact) mass is 426 g/mol. The van der Waals surface area contributed by atoms with Gasteiger partial charge in [-0.3, -0.25) is 4.79 Å². The normalized spacial score (nSPS) is 14.5. The molecule has 0 unspecified atom stereocenters. The first-order valence-corrected chi connectivity index (χ1v) is 10.0. The Labute approximate surface area is 173 Å². The van der Waals surface area contributed by atoms with Gasteiger partial charge in [0, 0.05) is 22.7 Å². The minimum Gasteiger partial charge on any atom is -0.383 e. The average molecular weight is 428 g/mol. The minimum atomic E-state index is -0.245. The lowest BCUT2D eigenvalue weighted by Crippen LogP contribution is -2.29. The van der Waals surface area contributed by atoms with Gasteiger partial charge in [0.15, 0.2) is 0 Å². The van der Waals surface area contributed by atoms with Crippen molar-refractivity contribution in [3.8, 4) is 11.1 Å². The number of nitrogens with two attached hydrogens (primary N) is 1. The van der Waals surface area contributed by atoms with Crippen LogP contribution in [-0.2, 0) is 0 Å². The van der Waals surface area contributed by atoms with Crippen LogP contribution in [0.2, 0.25) is 15.1 Å². The third-order valence-electron chi connectivity index (χ3n) is 4.58. The van der Waals surface area contributed by atoms with Crippen LogP contribution in [0.5, 0.6) is 0 Å². The van der Waals surface area contributed by atoms with Gasteiger partial charge in [-0.2, -0.15) is 0 Å². The summed E-state index contributed by atoms with van der Waals surface area (Å²) in [6.45, 7) is 3.92. The molecular formula is C19H21Cl3N4O. The SMILES string of the molecule is Nc1nc(C(=O)NCCCN2CCCC2)ccc1-c1cc(Cl)cc(Cl)c1Cl. The quantitative estimate of drug-likeness (QED) is 0.526. The lowest BCUT2D eigenvalue weighted by atomic mass is 10.1. The number of nitrogens with zero attached hydrogens (tertiary/aromatic N) is 2. The Morgan fingerprint density at radius 1 is 1.15 bits per heavy atom. The second-order valence-corrected chi connectivity index (χ2v) is 7.76. The molecule has 8 heteroatoms. The van der Waals surface area contributed by atoms with Gasteiger partial charge >= 0.3 is 0 Å². The highest BCUT2D eigenvalue weighted by Gasteiger charge is 2.16. The van der Waals surface area contributed by atoms with Crippen LogP contribution in [0.25, 0.3) is 11.1 Å². The van der Waals surface area contributed by atoms with Crippen molar-refractivity contribution in [3.63, 3.8) is 0 Å². The highest BCUT2D eigenvalue weighted by Crippen LogP contribution is 2.38. The van der Waals surface area contributed by atoms with E-state index in [-0.39, 0.29) is 17.4 Å². The number of hydrogen-bond donors (Lipinski definition) is 2. The maximum atomic E-state index is 12.3. The number of rotatable bonds is 6. The number of amides is 1. The summed E-state index contributed by atoms with van der Waals surface area (Å²) in [5.41, 5.74) is 7.48. The molecule has 5 nitrogen and oxygen atoms in total. The van der Waals surface area contributed by atoms with Gasteiger partial charge < -0.3 is 16.0 Å². The molecule has 1 aromatic heterocycles. The molecule has 0 radical (unpaired) electrons. The summed E-state index contributed by atoms with van der Waals surface area (Å²) in [6, 6.07) is 6.55. The van der Waals surface area contributed by atoms with E-state index in [4.69, 9.17) is 40.5 Å². The molecule has 2 heterocycles. The second-order valence-electron chi connectivity index (χ2n) is 6.54. The van der Waals surface area contributed by atoms with Gasteiger partial charge in [-0.15, -0.1) is 0 Å².